The maximum Gasteiger partial charge on any atom is 0.255 e. The Labute approximate surface area is 132 Å². The summed E-state index contributed by atoms with van der Waals surface area (Å²) in [7, 11) is 0. The molecule has 0 spiro atoms. The second-order valence-corrected chi connectivity index (χ2v) is 5.90. The first kappa shape index (κ1) is 13.9. The Hall–Kier alpha value is -2.77. The van der Waals surface area contributed by atoms with Crippen molar-refractivity contribution >= 4 is 16.9 Å². The highest BCUT2D eigenvalue weighted by molar-refractivity contribution is 5.97. The van der Waals surface area contributed by atoms with Gasteiger partial charge in [-0.25, -0.2) is 4.98 Å². The van der Waals surface area contributed by atoms with E-state index in [4.69, 9.17) is 0 Å². The van der Waals surface area contributed by atoms with E-state index in [1.54, 1.807) is 6.20 Å². The Morgan fingerprint density at radius 3 is 3.04 bits per heavy atom. The smallest absolute Gasteiger partial charge is 0.255 e. The molecule has 0 aliphatic heterocycles. The van der Waals surface area contributed by atoms with Crippen molar-refractivity contribution in [3.05, 3.63) is 35.4 Å². The van der Waals surface area contributed by atoms with Crippen LogP contribution in [-0.2, 0) is 6.42 Å². The van der Waals surface area contributed by atoms with E-state index < -0.39 is 0 Å². The lowest BCUT2D eigenvalue weighted by Crippen LogP contribution is -2.35. The summed E-state index contributed by atoms with van der Waals surface area (Å²) >= 11 is 0. The number of carbonyl (C=O) groups is 1. The molecule has 1 saturated carbocycles. The molecule has 118 valence electrons. The molecule has 3 aromatic heterocycles. The summed E-state index contributed by atoms with van der Waals surface area (Å²) in [6.07, 6.45) is 6.25. The van der Waals surface area contributed by atoms with E-state index in [1.165, 1.54) is 0 Å². The summed E-state index contributed by atoms with van der Waals surface area (Å²) in [5, 5.41) is 14.9. The number of nitrogens with zero attached hydrogens (tertiary/aromatic N) is 5. The fourth-order valence-electron chi connectivity index (χ4n) is 2.76. The van der Waals surface area contributed by atoms with Gasteiger partial charge in [-0.2, -0.15) is 5.21 Å². The minimum atomic E-state index is 0.0194. The topological polar surface area (TPSA) is 103 Å². The highest BCUT2D eigenvalue weighted by atomic mass is 16.2. The lowest BCUT2D eigenvalue weighted by molar-refractivity contribution is 0.0744. The van der Waals surface area contributed by atoms with Gasteiger partial charge in [0.05, 0.1) is 5.56 Å². The molecule has 0 atom stereocenters. The Bertz CT molecular complexity index is 835. The first-order valence-electron chi connectivity index (χ1n) is 7.69. The van der Waals surface area contributed by atoms with Crippen LogP contribution in [0.4, 0.5) is 0 Å². The third kappa shape index (κ3) is 2.67. The summed E-state index contributed by atoms with van der Waals surface area (Å²) in [5.41, 5.74) is 2.52. The molecule has 3 aromatic rings. The SMILES string of the molecule is Cc1c[nH]c2ncc(C(=O)N(CCc3nn[nH]n3)C3CC3)cc12. The Morgan fingerprint density at radius 1 is 1.43 bits per heavy atom. The number of amides is 1. The van der Waals surface area contributed by atoms with Gasteiger partial charge in [0.15, 0.2) is 5.82 Å². The van der Waals surface area contributed by atoms with Gasteiger partial charge in [0.2, 0.25) is 0 Å². The van der Waals surface area contributed by atoms with E-state index >= 15 is 0 Å². The number of tetrazole rings is 1. The maximum atomic E-state index is 12.9. The number of rotatable bonds is 5. The van der Waals surface area contributed by atoms with Gasteiger partial charge < -0.3 is 9.88 Å². The molecule has 0 unspecified atom stereocenters. The molecule has 0 saturated heterocycles. The number of aryl methyl sites for hydroxylation is 1. The fourth-order valence-corrected chi connectivity index (χ4v) is 2.76. The number of aromatic amines is 2. The lowest BCUT2D eigenvalue weighted by atomic mass is 10.1. The predicted octanol–water partition coefficient (Wildman–Crippen LogP) is 1.23. The van der Waals surface area contributed by atoms with E-state index in [1.807, 2.05) is 24.1 Å². The molecule has 3 heterocycles. The van der Waals surface area contributed by atoms with Gasteiger partial charge >= 0.3 is 0 Å². The quantitative estimate of drug-likeness (QED) is 0.737. The van der Waals surface area contributed by atoms with Gasteiger partial charge in [-0.05, 0) is 31.4 Å². The van der Waals surface area contributed by atoms with Gasteiger partial charge in [0.25, 0.3) is 5.91 Å². The highest BCUT2D eigenvalue weighted by Crippen LogP contribution is 2.29. The van der Waals surface area contributed by atoms with Crippen LogP contribution in [0.1, 0.15) is 34.6 Å². The third-order valence-corrected chi connectivity index (χ3v) is 4.20. The standard InChI is InChI=1S/C15H17N7O/c1-9-7-16-14-12(9)6-10(8-17-14)15(23)22(11-2-3-11)5-4-13-18-20-21-19-13/h6-8,11H,2-5H2,1H3,(H,16,17)(H,18,19,20,21). The minimum Gasteiger partial charge on any atom is -0.346 e. The van der Waals surface area contributed by atoms with Gasteiger partial charge in [-0.1, -0.05) is 5.21 Å². The minimum absolute atomic E-state index is 0.0194. The number of nitrogens with one attached hydrogen (secondary N) is 2. The molecule has 1 fully saturated rings. The second kappa shape index (κ2) is 5.45. The van der Waals surface area contributed by atoms with Crippen LogP contribution in [0.5, 0.6) is 0 Å². The number of H-pyrrole nitrogens is 2. The average Bonchev–Trinajstić information content (AvgIpc) is 3.13. The second-order valence-electron chi connectivity index (χ2n) is 5.90. The largest absolute Gasteiger partial charge is 0.346 e. The molecule has 1 amide bonds. The number of carbonyl (C=O) groups excluding carboxylic acids is 1. The first-order chi connectivity index (χ1) is 11.2. The summed E-state index contributed by atoms with van der Waals surface area (Å²) in [4.78, 5) is 22.2. The number of aromatic nitrogens is 6. The average molecular weight is 311 g/mol. The van der Waals surface area contributed by atoms with E-state index in [9.17, 15) is 4.79 Å². The number of hydrogen-bond acceptors (Lipinski definition) is 5. The van der Waals surface area contributed by atoms with Crippen molar-refractivity contribution in [2.24, 2.45) is 0 Å². The molecular formula is C15H17N7O. The van der Waals surface area contributed by atoms with Gasteiger partial charge in [-0.15, -0.1) is 10.2 Å². The van der Waals surface area contributed by atoms with Crippen LogP contribution in [0.2, 0.25) is 0 Å². The zero-order valence-corrected chi connectivity index (χ0v) is 12.8. The van der Waals surface area contributed by atoms with Crippen molar-refractivity contribution in [3.8, 4) is 0 Å². The summed E-state index contributed by atoms with van der Waals surface area (Å²) in [6, 6.07) is 2.23. The monoisotopic (exact) mass is 311 g/mol. The summed E-state index contributed by atoms with van der Waals surface area (Å²) < 4.78 is 0. The van der Waals surface area contributed by atoms with Gasteiger partial charge in [0, 0.05) is 36.8 Å². The Morgan fingerprint density at radius 2 is 2.30 bits per heavy atom. The van der Waals surface area contributed by atoms with Crippen LogP contribution in [0.25, 0.3) is 11.0 Å². The molecule has 8 nitrogen and oxygen atoms in total. The van der Waals surface area contributed by atoms with Crippen LogP contribution in [0.3, 0.4) is 0 Å². The zero-order chi connectivity index (χ0) is 15.8. The van der Waals surface area contributed by atoms with Gasteiger partial charge in [-0.3, -0.25) is 4.79 Å². The number of hydrogen-bond donors (Lipinski definition) is 2. The van der Waals surface area contributed by atoms with E-state index in [2.05, 4.69) is 30.6 Å². The normalized spacial score (nSPS) is 14.3. The number of fused-ring (bicyclic) bond motifs is 1. The van der Waals surface area contributed by atoms with Crippen LogP contribution in [-0.4, -0.2) is 54.0 Å². The van der Waals surface area contributed by atoms with Crippen LogP contribution >= 0.6 is 0 Å². The van der Waals surface area contributed by atoms with Crippen LogP contribution < -0.4 is 0 Å². The molecule has 0 aromatic carbocycles. The Balaban J connectivity index is 1.57. The summed E-state index contributed by atoms with van der Waals surface area (Å²) in [6.45, 7) is 2.59. The zero-order valence-electron chi connectivity index (χ0n) is 12.8. The van der Waals surface area contributed by atoms with Crippen molar-refractivity contribution in [2.75, 3.05) is 6.54 Å². The van der Waals surface area contributed by atoms with Crippen LogP contribution in [0.15, 0.2) is 18.5 Å². The Kier molecular flexibility index (Phi) is 3.29. The molecule has 0 radical (unpaired) electrons. The van der Waals surface area contributed by atoms with E-state index in [0.29, 0.717) is 30.4 Å². The van der Waals surface area contributed by atoms with Crippen molar-refractivity contribution in [1.82, 2.24) is 35.5 Å². The fraction of sp³-hybridized carbons (Fsp3) is 0.400. The maximum absolute atomic E-state index is 12.9. The van der Waals surface area contributed by atoms with Crippen molar-refractivity contribution in [2.45, 2.75) is 32.2 Å². The highest BCUT2D eigenvalue weighted by Gasteiger charge is 2.33. The molecule has 1 aliphatic rings. The van der Waals surface area contributed by atoms with E-state index in [-0.39, 0.29) is 5.91 Å². The van der Waals surface area contributed by atoms with Gasteiger partial charge in [0.1, 0.15) is 5.65 Å². The van der Waals surface area contributed by atoms with Crippen LogP contribution in [0, 0.1) is 6.92 Å². The predicted molar refractivity (Wildman–Crippen MR) is 82.8 cm³/mol. The molecular weight excluding hydrogens is 294 g/mol. The first-order valence-corrected chi connectivity index (χ1v) is 7.69. The van der Waals surface area contributed by atoms with Crippen molar-refractivity contribution in [1.29, 1.82) is 0 Å². The summed E-state index contributed by atoms with van der Waals surface area (Å²) in [5.74, 6) is 0.643. The van der Waals surface area contributed by atoms with Crippen molar-refractivity contribution < 1.29 is 4.79 Å². The molecule has 1 aliphatic carbocycles. The lowest BCUT2D eigenvalue weighted by Gasteiger charge is -2.21. The molecule has 0 bridgehead atoms. The molecule has 4 rings (SSSR count). The third-order valence-electron chi connectivity index (χ3n) is 4.20. The molecule has 23 heavy (non-hydrogen) atoms. The van der Waals surface area contributed by atoms with E-state index in [0.717, 1.165) is 29.4 Å². The number of pyridine rings is 1. The molecule has 2 N–H and O–H groups in total. The van der Waals surface area contributed by atoms with Crippen molar-refractivity contribution in [3.63, 3.8) is 0 Å². The molecule has 8 heteroatoms.